The van der Waals surface area contributed by atoms with E-state index in [9.17, 15) is 9.59 Å². The lowest BCUT2D eigenvalue weighted by Crippen LogP contribution is -2.45. The third-order valence-corrected chi connectivity index (χ3v) is 6.37. The van der Waals surface area contributed by atoms with Crippen LogP contribution in [0.3, 0.4) is 0 Å². The van der Waals surface area contributed by atoms with Gasteiger partial charge in [0.2, 0.25) is 5.91 Å². The molecule has 2 aliphatic heterocycles. The molecule has 0 aromatic heterocycles. The summed E-state index contributed by atoms with van der Waals surface area (Å²) in [6.07, 6.45) is 2.74. The number of benzene rings is 2. The van der Waals surface area contributed by atoms with Gasteiger partial charge < -0.3 is 19.7 Å². The van der Waals surface area contributed by atoms with Crippen LogP contribution in [0.5, 0.6) is 5.75 Å². The predicted octanol–water partition coefficient (Wildman–Crippen LogP) is 3.48. The van der Waals surface area contributed by atoms with E-state index >= 15 is 0 Å². The van der Waals surface area contributed by atoms with Crippen LogP contribution in [0.25, 0.3) is 0 Å². The lowest BCUT2D eigenvalue weighted by molar-refractivity contribution is -0.125. The standard InChI is InChI=1S/C27H33N3O4/c1-3-6-24(26(31)28-4-2)30-18-23-22(27(30)32)7-5-8-25(23)34-19-21-11-9-20(10-12-21)17-29-13-15-33-16-14-29/h4-5,7-12,24H,2-3,6,13-19H2,1H3,(H,28,31). The smallest absolute Gasteiger partial charge is 0.255 e. The molecule has 34 heavy (non-hydrogen) atoms. The first-order valence-corrected chi connectivity index (χ1v) is 12.0. The van der Waals surface area contributed by atoms with Crippen molar-refractivity contribution in [2.45, 2.75) is 45.5 Å². The fraction of sp³-hybridized carbons (Fsp3) is 0.407. The zero-order valence-electron chi connectivity index (χ0n) is 19.8. The highest BCUT2D eigenvalue weighted by molar-refractivity contribution is 6.01. The maximum Gasteiger partial charge on any atom is 0.255 e. The van der Waals surface area contributed by atoms with Gasteiger partial charge in [-0.2, -0.15) is 0 Å². The molecule has 1 unspecified atom stereocenters. The summed E-state index contributed by atoms with van der Waals surface area (Å²) in [6.45, 7) is 10.8. The highest BCUT2D eigenvalue weighted by Crippen LogP contribution is 2.33. The first-order chi connectivity index (χ1) is 16.6. The second kappa shape index (κ2) is 11.3. The van der Waals surface area contributed by atoms with Gasteiger partial charge in [-0.15, -0.1) is 0 Å². The van der Waals surface area contributed by atoms with Crippen LogP contribution in [0.2, 0.25) is 0 Å². The Morgan fingerprint density at radius 2 is 1.91 bits per heavy atom. The van der Waals surface area contributed by atoms with Gasteiger partial charge in [-0.25, -0.2) is 0 Å². The number of nitrogens with one attached hydrogen (secondary N) is 1. The van der Waals surface area contributed by atoms with Crippen LogP contribution in [0.1, 0.15) is 46.8 Å². The molecule has 2 amide bonds. The molecule has 2 aliphatic rings. The monoisotopic (exact) mass is 463 g/mol. The van der Waals surface area contributed by atoms with Crippen molar-refractivity contribution in [3.05, 3.63) is 77.5 Å². The zero-order chi connectivity index (χ0) is 23.9. The third-order valence-electron chi connectivity index (χ3n) is 6.37. The number of carbonyl (C=O) groups is 2. The van der Waals surface area contributed by atoms with Crippen molar-refractivity contribution in [3.63, 3.8) is 0 Å². The van der Waals surface area contributed by atoms with E-state index in [4.69, 9.17) is 9.47 Å². The predicted molar refractivity (Wildman–Crippen MR) is 130 cm³/mol. The Morgan fingerprint density at radius 1 is 1.18 bits per heavy atom. The quantitative estimate of drug-likeness (QED) is 0.584. The van der Waals surface area contributed by atoms with Crippen molar-refractivity contribution < 1.29 is 19.1 Å². The molecule has 2 aromatic rings. The average molecular weight is 464 g/mol. The average Bonchev–Trinajstić information content (AvgIpc) is 3.19. The molecule has 0 spiro atoms. The van der Waals surface area contributed by atoms with E-state index in [-0.39, 0.29) is 11.8 Å². The van der Waals surface area contributed by atoms with Crippen LogP contribution in [0, 0.1) is 0 Å². The van der Waals surface area contributed by atoms with Gasteiger partial charge in [0.05, 0.1) is 19.8 Å². The maximum absolute atomic E-state index is 13.1. The summed E-state index contributed by atoms with van der Waals surface area (Å²) >= 11 is 0. The zero-order valence-corrected chi connectivity index (χ0v) is 19.8. The van der Waals surface area contributed by atoms with E-state index in [0.717, 1.165) is 50.4 Å². The molecular weight excluding hydrogens is 430 g/mol. The molecule has 1 saturated heterocycles. The van der Waals surface area contributed by atoms with Crippen LogP contribution in [-0.4, -0.2) is 54.0 Å². The molecule has 0 bridgehead atoms. The molecule has 4 rings (SSSR count). The molecule has 1 fully saturated rings. The van der Waals surface area contributed by atoms with E-state index in [0.29, 0.717) is 30.9 Å². The van der Waals surface area contributed by atoms with Gasteiger partial charge in [-0.3, -0.25) is 14.5 Å². The minimum atomic E-state index is -0.533. The molecule has 180 valence electrons. The minimum Gasteiger partial charge on any atom is -0.489 e. The Kier molecular flexibility index (Phi) is 7.98. The van der Waals surface area contributed by atoms with Gasteiger partial charge in [0, 0.05) is 30.8 Å². The normalized spacial score (nSPS) is 16.7. The van der Waals surface area contributed by atoms with E-state index in [1.165, 1.54) is 11.8 Å². The summed E-state index contributed by atoms with van der Waals surface area (Å²) in [5, 5.41) is 2.64. The molecule has 2 heterocycles. The van der Waals surface area contributed by atoms with Gasteiger partial charge in [0.1, 0.15) is 18.4 Å². The number of rotatable bonds is 10. The molecule has 1 atom stereocenters. The van der Waals surface area contributed by atoms with Gasteiger partial charge in [-0.05, 0) is 35.9 Å². The fourth-order valence-electron chi connectivity index (χ4n) is 4.53. The van der Waals surface area contributed by atoms with Crippen molar-refractivity contribution in [1.82, 2.24) is 15.1 Å². The first-order valence-electron chi connectivity index (χ1n) is 12.0. The van der Waals surface area contributed by atoms with Crippen LogP contribution in [0.4, 0.5) is 0 Å². The Labute approximate surface area is 201 Å². The molecule has 2 aromatic carbocycles. The summed E-state index contributed by atoms with van der Waals surface area (Å²) in [5.41, 5.74) is 3.78. The summed E-state index contributed by atoms with van der Waals surface area (Å²) in [4.78, 5) is 29.7. The second-order valence-electron chi connectivity index (χ2n) is 8.73. The largest absolute Gasteiger partial charge is 0.489 e. The SMILES string of the molecule is C=CNC(=O)C(CCC)N1Cc2c(OCc3ccc(CN4CCOCC4)cc3)cccc2C1=O. The summed E-state index contributed by atoms with van der Waals surface area (Å²) in [7, 11) is 0. The van der Waals surface area contributed by atoms with Gasteiger partial charge >= 0.3 is 0 Å². The summed E-state index contributed by atoms with van der Waals surface area (Å²) in [6, 6.07) is 13.5. The topological polar surface area (TPSA) is 71.1 Å². The van der Waals surface area contributed by atoms with Crippen LogP contribution >= 0.6 is 0 Å². The highest BCUT2D eigenvalue weighted by atomic mass is 16.5. The molecular formula is C27H33N3O4. The number of nitrogens with zero attached hydrogens (tertiary/aromatic N) is 2. The van der Waals surface area contributed by atoms with E-state index in [1.807, 2.05) is 19.1 Å². The van der Waals surface area contributed by atoms with Crippen molar-refractivity contribution in [3.8, 4) is 5.75 Å². The van der Waals surface area contributed by atoms with Crippen LogP contribution < -0.4 is 10.1 Å². The second-order valence-corrected chi connectivity index (χ2v) is 8.73. The molecule has 7 nitrogen and oxygen atoms in total. The van der Waals surface area contributed by atoms with E-state index in [2.05, 4.69) is 41.1 Å². The van der Waals surface area contributed by atoms with E-state index in [1.54, 1.807) is 11.0 Å². The number of amides is 2. The Bertz CT molecular complexity index is 1020. The van der Waals surface area contributed by atoms with Gasteiger partial charge in [0.15, 0.2) is 0 Å². The van der Waals surface area contributed by atoms with Crippen molar-refractivity contribution in [2.75, 3.05) is 26.3 Å². The number of hydrogen-bond donors (Lipinski definition) is 1. The molecule has 1 N–H and O–H groups in total. The number of hydrogen-bond acceptors (Lipinski definition) is 5. The number of morpholine rings is 1. The lowest BCUT2D eigenvalue weighted by Gasteiger charge is -2.26. The fourth-order valence-corrected chi connectivity index (χ4v) is 4.53. The molecule has 0 radical (unpaired) electrons. The van der Waals surface area contributed by atoms with E-state index < -0.39 is 6.04 Å². The van der Waals surface area contributed by atoms with Crippen molar-refractivity contribution in [1.29, 1.82) is 0 Å². The third kappa shape index (κ3) is 5.48. The molecule has 0 aliphatic carbocycles. The summed E-state index contributed by atoms with van der Waals surface area (Å²) < 4.78 is 11.6. The number of carbonyl (C=O) groups excluding carboxylic acids is 2. The maximum atomic E-state index is 13.1. The number of ether oxygens (including phenoxy) is 2. The lowest BCUT2D eigenvalue weighted by atomic mass is 10.1. The molecule has 7 heteroatoms. The Balaban J connectivity index is 1.41. The Hall–Kier alpha value is -3.16. The first kappa shape index (κ1) is 24.0. The molecule has 0 saturated carbocycles. The van der Waals surface area contributed by atoms with Crippen molar-refractivity contribution >= 4 is 11.8 Å². The van der Waals surface area contributed by atoms with Gasteiger partial charge in [-0.1, -0.05) is 50.3 Å². The van der Waals surface area contributed by atoms with Gasteiger partial charge in [0.25, 0.3) is 5.91 Å². The summed E-state index contributed by atoms with van der Waals surface area (Å²) in [5.74, 6) is 0.341. The van der Waals surface area contributed by atoms with Crippen LogP contribution in [-0.2, 0) is 29.2 Å². The number of fused-ring (bicyclic) bond motifs is 1. The Morgan fingerprint density at radius 3 is 2.62 bits per heavy atom. The van der Waals surface area contributed by atoms with Crippen molar-refractivity contribution in [2.24, 2.45) is 0 Å². The minimum absolute atomic E-state index is 0.134. The highest BCUT2D eigenvalue weighted by Gasteiger charge is 2.37. The van der Waals surface area contributed by atoms with Crippen LogP contribution in [0.15, 0.2) is 55.2 Å².